The van der Waals surface area contributed by atoms with Gasteiger partial charge >= 0.3 is 0 Å². The molecule has 0 radical (unpaired) electrons. The fourth-order valence-corrected chi connectivity index (χ4v) is 5.62. The highest BCUT2D eigenvalue weighted by atomic mass is 32.2. The lowest BCUT2D eigenvalue weighted by atomic mass is 10.2. The highest BCUT2D eigenvalue weighted by molar-refractivity contribution is 8.06. The molecule has 2 atom stereocenters. The second kappa shape index (κ2) is 6.54. The maximum atomic E-state index is 5.39. The van der Waals surface area contributed by atoms with Crippen molar-refractivity contribution in [2.24, 2.45) is 0 Å². The average Bonchev–Trinajstić information content (AvgIpc) is 2.89. The van der Waals surface area contributed by atoms with Crippen LogP contribution in [0.3, 0.4) is 0 Å². The van der Waals surface area contributed by atoms with E-state index in [2.05, 4.69) is 15.5 Å². The summed E-state index contributed by atoms with van der Waals surface area (Å²) in [5, 5.41) is 8.07. The Morgan fingerprint density at radius 2 is 2.17 bits per heavy atom. The van der Waals surface area contributed by atoms with Crippen molar-refractivity contribution in [3.05, 3.63) is 11.7 Å². The molecule has 2 saturated heterocycles. The zero-order valence-corrected chi connectivity index (χ0v) is 12.6. The molecule has 0 saturated carbocycles. The molecule has 1 aromatic heterocycles. The van der Waals surface area contributed by atoms with Gasteiger partial charge in [0, 0.05) is 47.8 Å². The summed E-state index contributed by atoms with van der Waals surface area (Å²) >= 11 is 5.93. The molecule has 1 N–H and O–H groups in total. The van der Waals surface area contributed by atoms with Gasteiger partial charge < -0.3 is 9.84 Å². The van der Waals surface area contributed by atoms with Crippen molar-refractivity contribution in [1.29, 1.82) is 0 Å². The van der Waals surface area contributed by atoms with E-state index < -0.39 is 0 Å². The quantitative estimate of drug-likeness (QED) is 0.914. The monoisotopic (exact) mass is 303 g/mol. The van der Waals surface area contributed by atoms with Crippen LogP contribution in [0.5, 0.6) is 0 Å². The molecule has 0 amide bonds. The molecule has 0 aromatic carbocycles. The third kappa shape index (κ3) is 3.37. The lowest BCUT2D eigenvalue weighted by Gasteiger charge is -2.21. The van der Waals surface area contributed by atoms with Crippen LogP contribution in [-0.2, 0) is 6.42 Å². The van der Waals surface area contributed by atoms with Gasteiger partial charge in [0.05, 0.1) is 5.25 Å². The van der Waals surface area contributed by atoms with Crippen molar-refractivity contribution >= 4 is 35.3 Å². The van der Waals surface area contributed by atoms with Crippen molar-refractivity contribution in [3.8, 4) is 0 Å². The molecule has 0 aliphatic carbocycles. The van der Waals surface area contributed by atoms with E-state index in [9.17, 15) is 0 Å². The van der Waals surface area contributed by atoms with Crippen molar-refractivity contribution in [1.82, 2.24) is 15.5 Å². The Hall–Kier alpha value is 0.150. The topological polar surface area (TPSA) is 51.0 Å². The van der Waals surface area contributed by atoms with Gasteiger partial charge in [0.2, 0.25) is 5.89 Å². The van der Waals surface area contributed by atoms with Crippen LogP contribution in [0, 0.1) is 0 Å². The van der Waals surface area contributed by atoms with E-state index in [4.69, 9.17) is 4.52 Å². The fourth-order valence-electron chi connectivity index (χ4n) is 2.08. The average molecular weight is 303 g/mol. The Bertz CT molecular complexity index is 375. The molecule has 2 fully saturated rings. The molecule has 7 heteroatoms. The Balaban J connectivity index is 1.58. The first kappa shape index (κ1) is 13.1. The highest BCUT2D eigenvalue weighted by Crippen LogP contribution is 2.35. The SMILES string of the molecule is C1CSCC(Cc2nc(C3CSCCS3)no2)N1. The Labute approximate surface area is 120 Å². The molecule has 3 rings (SSSR count). The first-order valence-electron chi connectivity index (χ1n) is 6.25. The van der Waals surface area contributed by atoms with Gasteiger partial charge in [-0.3, -0.25) is 0 Å². The number of nitrogens with one attached hydrogen (secondary N) is 1. The normalized spacial score (nSPS) is 29.3. The van der Waals surface area contributed by atoms with Crippen molar-refractivity contribution in [3.63, 3.8) is 0 Å². The van der Waals surface area contributed by atoms with Gasteiger partial charge in [0.1, 0.15) is 0 Å². The summed E-state index contributed by atoms with van der Waals surface area (Å²) in [4.78, 5) is 4.57. The van der Waals surface area contributed by atoms with Gasteiger partial charge in [0.25, 0.3) is 0 Å². The Morgan fingerprint density at radius 1 is 1.22 bits per heavy atom. The Kier molecular flexibility index (Phi) is 4.78. The maximum absolute atomic E-state index is 5.39. The van der Waals surface area contributed by atoms with Gasteiger partial charge in [-0.1, -0.05) is 5.16 Å². The van der Waals surface area contributed by atoms with E-state index >= 15 is 0 Å². The number of nitrogens with zero attached hydrogens (tertiary/aromatic N) is 2. The van der Waals surface area contributed by atoms with Crippen LogP contribution < -0.4 is 5.32 Å². The number of aromatic nitrogens is 2. The van der Waals surface area contributed by atoms with Crippen LogP contribution in [0.4, 0.5) is 0 Å². The predicted octanol–water partition coefficient (Wildman–Crippen LogP) is 1.84. The van der Waals surface area contributed by atoms with E-state index in [1.165, 1.54) is 17.3 Å². The minimum Gasteiger partial charge on any atom is -0.339 e. The van der Waals surface area contributed by atoms with Gasteiger partial charge in [-0.05, 0) is 0 Å². The minimum atomic E-state index is 0.426. The first-order chi connectivity index (χ1) is 8.92. The fraction of sp³-hybridized carbons (Fsp3) is 0.818. The number of thioether (sulfide) groups is 3. The molecule has 1 aromatic rings. The molecule has 0 bridgehead atoms. The second-order valence-electron chi connectivity index (χ2n) is 4.41. The summed E-state index contributed by atoms with van der Waals surface area (Å²) in [5.74, 6) is 7.59. The summed E-state index contributed by atoms with van der Waals surface area (Å²) in [6, 6.07) is 0.491. The molecular weight excluding hydrogens is 286 g/mol. The van der Waals surface area contributed by atoms with Gasteiger partial charge in [-0.15, -0.1) is 11.8 Å². The standard InChI is InChI=1S/C11H17N3OS3/c1-2-16-6-8(12-1)5-10-13-11(14-15-10)9-7-17-3-4-18-9/h8-9,12H,1-7H2. The number of hydrogen-bond donors (Lipinski definition) is 1. The highest BCUT2D eigenvalue weighted by Gasteiger charge is 2.23. The summed E-state index contributed by atoms with van der Waals surface area (Å²) in [6.07, 6.45) is 0.866. The second-order valence-corrected chi connectivity index (χ2v) is 8.02. The molecule has 4 nitrogen and oxygen atoms in total. The zero-order chi connectivity index (χ0) is 12.2. The molecular formula is C11H17N3OS3. The molecule has 18 heavy (non-hydrogen) atoms. The lowest BCUT2D eigenvalue weighted by molar-refractivity contribution is 0.359. The summed E-state index contributed by atoms with van der Waals surface area (Å²) in [5.41, 5.74) is 0. The van der Waals surface area contributed by atoms with E-state index in [1.807, 2.05) is 35.3 Å². The first-order valence-corrected chi connectivity index (χ1v) is 9.60. The smallest absolute Gasteiger partial charge is 0.228 e. The maximum Gasteiger partial charge on any atom is 0.228 e. The number of hydrogen-bond acceptors (Lipinski definition) is 7. The molecule has 2 aliphatic rings. The summed E-state index contributed by atoms with van der Waals surface area (Å²) in [7, 11) is 0. The van der Waals surface area contributed by atoms with E-state index in [-0.39, 0.29) is 0 Å². The van der Waals surface area contributed by atoms with Crippen LogP contribution >= 0.6 is 35.3 Å². The van der Waals surface area contributed by atoms with Crippen LogP contribution in [-0.4, -0.2) is 51.5 Å². The van der Waals surface area contributed by atoms with Gasteiger partial charge in [0.15, 0.2) is 5.82 Å². The molecule has 2 unspecified atom stereocenters. The van der Waals surface area contributed by atoms with Crippen molar-refractivity contribution in [2.45, 2.75) is 17.7 Å². The molecule has 2 aliphatic heterocycles. The van der Waals surface area contributed by atoms with Gasteiger partial charge in [-0.2, -0.15) is 28.5 Å². The third-order valence-electron chi connectivity index (χ3n) is 3.01. The van der Waals surface area contributed by atoms with Gasteiger partial charge in [-0.25, -0.2) is 0 Å². The predicted molar refractivity (Wildman–Crippen MR) is 79.6 cm³/mol. The largest absolute Gasteiger partial charge is 0.339 e. The van der Waals surface area contributed by atoms with Crippen molar-refractivity contribution in [2.75, 3.05) is 35.3 Å². The molecule has 3 heterocycles. The summed E-state index contributed by atoms with van der Waals surface area (Å²) in [6.45, 7) is 1.09. The van der Waals surface area contributed by atoms with Crippen LogP contribution in [0.2, 0.25) is 0 Å². The van der Waals surface area contributed by atoms with Crippen molar-refractivity contribution < 1.29 is 4.52 Å². The van der Waals surface area contributed by atoms with Crippen LogP contribution in [0.1, 0.15) is 17.0 Å². The minimum absolute atomic E-state index is 0.426. The summed E-state index contributed by atoms with van der Waals surface area (Å²) < 4.78 is 5.39. The number of rotatable bonds is 3. The van der Waals surface area contributed by atoms with E-state index in [1.54, 1.807) is 0 Å². The molecule has 100 valence electrons. The zero-order valence-electron chi connectivity index (χ0n) is 10.1. The van der Waals surface area contributed by atoms with E-state index in [0.717, 1.165) is 36.2 Å². The molecule has 0 spiro atoms. The van der Waals surface area contributed by atoms with Crippen LogP contribution in [0.25, 0.3) is 0 Å². The third-order valence-corrected chi connectivity index (χ3v) is 6.89. The lowest BCUT2D eigenvalue weighted by Crippen LogP contribution is -2.38. The van der Waals surface area contributed by atoms with E-state index in [0.29, 0.717) is 11.3 Å². The Morgan fingerprint density at radius 3 is 2.94 bits per heavy atom. The van der Waals surface area contributed by atoms with Crippen LogP contribution in [0.15, 0.2) is 4.52 Å².